The Balaban J connectivity index is 2.50. The largest absolute Gasteiger partial charge is 0.496 e. The summed E-state index contributed by atoms with van der Waals surface area (Å²) in [4.78, 5) is 0. The van der Waals surface area contributed by atoms with Crippen LogP contribution in [0.4, 0.5) is 0 Å². The fraction of sp³-hybridized carbons (Fsp3) is 0.294. The van der Waals surface area contributed by atoms with Gasteiger partial charge in [0.2, 0.25) is 0 Å². The van der Waals surface area contributed by atoms with Crippen LogP contribution in [0.5, 0.6) is 5.75 Å². The van der Waals surface area contributed by atoms with Gasteiger partial charge in [-0.05, 0) is 60.7 Å². The number of rotatable bonds is 4. The van der Waals surface area contributed by atoms with Crippen molar-refractivity contribution in [2.24, 2.45) is 5.84 Å². The van der Waals surface area contributed by atoms with Crippen LogP contribution < -0.4 is 16.0 Å². The molecule has 3 nitrogen and oxygen atoms in total. The Morgan fingerprint density at radius 2 is 1.76 bits per heavy atom. The fourth-order valence-electron chi connectivity index (χ4n) is 2.50. The molecule has 0 radical (unpaired) electrons. The Kier molecular flexibility index (Phi) is 5.04. The van der Waals surface area contributed by atoms with Gasteiger partial charge in [0.25, 0.3) is 0 Å². The highest BCUT2D eigenvalue weighted by molar-refractivity contribution is 9.10. The second kappa shape index (κ2) is 6.60. The van der Waals surface area contributed by atoms with Crippen LogP contribution in [-0.2, 0) is 0 Å². The van der Waals surface area contributed by atoms with Gasteiger partial charge in [-0.2, -0.15) is 0 Å². The highest BCUT2D eigenvalue weighted by Crippen LogP contribution is 2.31. The molecule has 2 rings (SSSR count). The molecule has 0 aliphatic rings. The van der Waals surface area contributed by atoms with E-state index in [4.69, 9.17) is 10.6 Å². The van der Waals surface area contributed by atoms with Crippen molar-refractivity contribution in [2.45, 2.75) is 26.8 Å². The summed E-state index contributed by atoms with van der Waals surface area (Å²) in [5.41, 5.74) is 8.67. The molecule has 0 amide bonds. The van der Waals surface area contributed by atoms with E-state index in [0.717, 1.165) is 32.5 Å². The maximum Gasteiger partial charge on any atom is 0.122 e. The summed E-state index contributed by atoms with van der Waals surface area (Å²) in [6.45, 7) is 6.19. The van der Waals surface area contributed by atoms with Gasteiger partial charge in [0.15, 0.2) is 0 Å². The molecule has 3 N–H and O–H groups in total. The Labute approximate surface area is 134 Å². The molecule has 0 saturated carbocycles. The number of nitrogens with one attached hydrogen (secondary N) is 1. The lowest BCUT2D eigenvalue weighted by molar-refractivity contribution is 0.411. The first-order valence-corrected chi connectivity index (χ1v) is 7.64. The smallest absolute Gasteiger partial charge is 0.122 e. The fourth-order valence-corrected chi connectivity index (χ4v) is 2.89. The van der Waals surface area contributed by atoms with E-state index in [2.05, 4.69) is 65.5 Å². The van der Waals surface area contributed by atoms with Crippen molar-refractivity contribution in [3.05, 3.63) is 62.6 Å². The highest BCUT2D eigenvalue weighted by atomic mass is 79.9. The topological polar surface area (TPSA) is 47.3 Å². The quantitative estimate of drug-likeness (QED) is 0.649. The molecule has 112 valence electrons. The third kappa shape index (κ3) is 3.28. The first-order valence-electron chi connectivity index (χ1n) is 6.85. The van der Waals surface area contributed by atoms with Gasteiger partial charge >= 0.3 is 0 Å². The summed E-state index contributed by atoms with van der Waals surface area (Å²) in [6, 6.07) is 10.4. The summed E-state index contributed by atoms with van der Waals surface area (Å²) >= 11 is 3.58. The summed E-state index contributed by atoms with van der Waals surface area (Å²) in [7, 11) is 1.69. The van der Waals surface area contributed by atoms with E-state index in [1.807, 2.05) is 6.92 Å². The zero-order valence-electron chi connectivity index (χ0n) is 12.8. The lowest BCUT2D eigenvalue weighted by atomic mass is 9.93. The average molecular weight is 349 g/mol. The molecule has 0 spiro atoms. The first kappa shape index (κ1) is 16.0. The van der Waals surface area contributed by atoms with E-state index in [0.29, 0.717) is 0 Å². The Hall–Kier alpha value is -1.36. The van der Waals surface area contributed by atoms with Crippen molar-refractivity contribution < 1.29 is 4.74 Å². The van der Waals surface area contributed by atoms with E-state index in [1.54, 1.807) is 7.11 Å². The molecule has 0 saturated heterocycles. The molecule has 2 aromatic rings. The van der Waals surface area contributed by atoms with Crippen LogP contribution in [0.15, 0.2) is 34.8 Å². The molecule has 0 bridgehead atoms. The van der Waals surface area contributed by atoms with Gasteiger partial charge in [-0.3, -0.25) is 5.84 Å². The molecule has 2 aromatic carbocycles. The Bertz CT molecular complexity index is 655. The number of hydrogen-bond donors (Lipinski definition) is 2. The lowest BCUT2D eigenvalue weighted by Crippen LogP contribution is -2.29. The van der Waals surface area contributed by atoms with Crippen LogP contribution in [0.3, 0.4) is 0 Å². The number of ether oxygens (including phenoxy) is 1. The van der Waals surface area contributed by atoms with Crippen molar-refractivity contribution in [1.82, 2.24) is 5.43 Å². The van der Waals surface area contributed by atoms with Crippen LogP contribution in [0.1, 0.15) is 33.9 Å². The maximum absolute atomic E-state index is 5.82. The van der Waals surface area contributed by atoms with Gasteiger partial charge in [-0.1, -0.05) is 34.1 Å². The van der Waals surface area contributed by atoms with Crippen molar-refractivity contribution in [1.29, 1.82) is 0 Å². The molecule has 0 aromatic heterocycles. The third-order valence-electron chi connectivity index (χ3n) is 3.79. The van der Waals surface area contributed by atoms with Crippen LogP contribution >= 0.6 is 15.9 Å². The number of halogens is 1. The van der Waals surface area contributed by atoms with Crippen molar-refractivity contribution in [3.63, 3.8) is 0 Å². The molecule has 4 heteroatoms. The summed E-state index contributed by atoms with van der Waals surface area (Å²) in [5.74, 6) is 6.72. The molecule has 0 aliphatic heterocycles. The van der Waals surface area contributed by atoms with E-state index in [9.17, 15) is 0 Å². The van der Waals surface area contributed by atoms with Gasteiger partial charge in [0, 0.05) is 4.47 Å². The van der Waals surface area contributed by atoms with Crippen LogP contribution in [0, 0.1) is 20.8 Å². The number of hydrazine groups is 1. The summed E-state index contributed by atoms with van der Waals surface area (Å²) in [6.07, 6.45) is 0. The molecule has 0 fully saturated rings. The van der Waals surface area contributed by atoms with E-state index >= 15 is 0 Å². The van der Waals surface area contributed by atoms with Crippen LogP contribution in [-0.4, -0.2) is 7.11 Å². The highest BCUT2D eigenvalue weighted by Gasteiger charge is 2.17. The normalized spacial score (nSPS) is 12.3. The predicted molar refractivity (Wildman–Crippen MR) is 90.5 cm³/mol. The Morgan fingerprint density at radius 3 is 2.33 bits per heavy atom. The minimum atomic E-state index is -0.0495. The Morgan fingerprint density at radius 1 is 1.05 bits per heavy atom. The number of aryl methyl sites for hydroxylation is 3. The third-order valence-corrected chi connectivity index (χ3v) is 4.64. The standard InChI is InChI=1S/C17H21BrN2O/c1-10-5-6-13(9-15(10)18)17(20-19)14-7-12(3)16(21-4)8-11(14)2/h5-9,17,20H,19H2,1-4H3. The molecule has 21 heavy (non-hydrogen) atoms. The van der Waals surface area contributed by atoms with Gasteiger partial charge in [-0.25, -0.2) is 5.43 Å². The first-order chi connectivity index (χ1) is 9.97. The predicted octanol–water partition coefficient (Wildman–Crippen LogP) is 3.94. The van der Waals surface area contributed by atoms with Gasteiger partial charge in [0.1, 0.15) is 5.75 Å². The van der Waals surface area contributed by atoms with Crippen molar-refractivity contribution in [3.8, 4) is 5.75 Å². The molecule has 1 atom stereocenters. The van der Waals surface area contributed by atoms with Gasteiger partial charge < -0.3 is 4.74 Å². The number of benzene rings is 2. The van der Waals surface area contributed by atoms with Gasteiger partial charge in [-0.15, -0.1) is 0 Å². The molecule has 0 heterocycles. The SMILES string of the molecule is COc1cc(C)c(C(NN)c2ccc(C)c(Br)c2)cc1C. The van der Waals surface area contributed by atoms with Crippen molar-refractivity contribution in [2.75, 3.05) is 7.11 Å². The number of hydrogen-bond acceptors (Lipinski definition) is 3. The van der Waals surface area contributed by atoms with Gasteiger partial charge in [0.05, 0.1) is 13.2 Å². The van der Waals surface area contributed by atoms with Crippen molar-refractivity contribution >= 4 is 15.9 Å². The average Bonchev–Trinajstić information content (AvgIpc) is 2.46. The zero-order valence-corrected chi connectivity index (χ0v) is 14.4. The van der Waals surface area contributed by atoms with Crippen LogP contribution in [0.25, 0.3) is 0 Å². The summed E-state index contributed by atoms with van der Waals surface area (Å²) < 4.78 is 6.46. The zero-order chi connectivity index (χ0) is 15.6. The molecular formula is C17H21BrN2O. The van der Waals surface area contributed by atoms with E-state index in [1.165, 1.54) is 5.56 Å². The maximum atomic E-state index is 5.82. The minimum Gasteiger partial charge on any atom is -0.496 e. The summed E-state index contributed by atoms with van der Waals surface area (Å²) in [5, 5.41) is 0. The number of methoxy groups -OCH3 is 1. The minimum absolute atomic E-state index is 0.0495. The molecular weight excluding hydrogens is 328 g/mol. The van der Waals surface area contributed by atoms with E-state index in [-0.39, 0.29) is 6.04 Å². The lowest BCUT2D eigenvalue weighted by Gasteiger charge is -2.21. The monoisotopic (exact) mass is 348 g/mol. The van der Waals surface area contributed by atoms with Crippen LogP contribution in [0.2, 0.25) is 0 Å². The number of nitrogens with two attached hydrogens (primary N) is 1. The second-order valence-electron chi connectivity index (χ2n) is 5.29. The second-order valence-corrected chi connectivity index (χ2v) is 6.14. The van der Waals surface area contributed by atoms with E-state index < -0.39 is 0 Å². The molecule has 1 unspecified atom stereocenters. The molecule has 0 aliphatic carbocycles.